The van der Waals surface area contributed by atoms with Crippen molar-refractivity contribution in [3.05, 3.63) is 94.5 Å². The summed E-state index contributed by atoms with van der Waals surface area (Å²) in [7, 11) is -2.64. The predicted molar refractivity (Wildman–Crippen MR) is 122 cm³/mol. The minimum absolute atomic E-state index is 0.00512. The van der Waals surface area contributed by atoms with E-state index in [0.29, 0.717) is 16.1 Å². The summed E-state index contributed by atoms with van der Waals surface area (Å²) < 4.78 is 32.3. The number of para-hydroxylation sites is 1. The van der Waals surface area contributed by atoms with Gasteiger partial charge in [0.25, 0.3) is 15.9 Å². The molecule has 164 valence electrons. The maximum absolute atomic E-state index is 12.6. The Hall–Kier alpha value is -3.69. The average molecular weight is 472 g/mol. The number of hydrazone groups is 1. The van der Waals surface area contributed by atoms with Gasteiger partial charge in [-0.3, -0.25) is 9.52 Å². The van der Waals surface area contributed by atoms with Gasteiger partial charge in [0.05, 0.1) is 35.0 Å². The lowest BCUT2D eigenvalue weighted by atomic mass is 10.1. The van der Waals surface area contributed by atoms with E-state index in [2.05, 4.69) is 20.0 Å². The number of amides is 1. The number of benzene rings is 3. The highest BCUT2D eigenvalue weighted by Gasteiger charge is 2.18. The SMILES string of the molecule is COC(=O)c1ccc(/C=N\NC(=O)c2ccccc2NS(=O)(=O)c2ccc(Cl)cc2)cc1. The van der Waals surface area contributed by atoms with E-state index in [1.54, 1.807) is 36.4 Å². The van der Waals surface area contributed by atoms with Crippen LogP contribution in [0.2, 0.25) is 5.02 Å². The Bertz CT molecular complexity index is 1260. The van der Waals surface area contributed by atoms with Crippen LogP contribution in [-0.2, 0) is 14.8 Å². The van der Waals surface area contributed by atoms with E-state index in [0.717, 1.165) is 0 Å². The van der Waals surface area contributed by atoms with Gasteiger partial charge in [0.15, 0.2) is 0 Å². The summed E-state index contributed by atoms with van der Waals surface area (Å²) >= 11 is 5.81. The quantitative estimate of drug-likeness (QED) is 0.310. The third-order valence-electron chi connectivity index (χ3n) is 4.25. The third-order valence-corrected chi connectivity index (χ3v) is 5.88. The Kier molecular flexibility index (Phi) is 7.24. The standard InChI is InChI=1S/C22H18ClN3O5S/c1-31-22(28)16-8-6-15(7-9-16)14-24-25-21(27)19-4-2-3-5-20(19)26-32(29,30)18-12-10-17(23)11-13-18/h2-14,26H,1H3,(H,25,27)/b24-14-. The minimum Gasteiger partial charge on any atom is -0.465 e. The summed E-state index contributed by atoms with van der Waals surface area (Å²) in [6.07, 6.45) is 1.39. The molecular formula is C22H18ClN3O5S. The van der Waals surface area contributed by atoms with E-state index in [1.807, 2.05) is 0 Å². The summed E-state index contributed by atoms with van der Waals surface area (Å²) in [5, 5.41) is 4.29. The van der Waals surface area contributed by atoms with E-state index >= 15 is 0 Å². The fraction of sp³-hybridized carbons (Fsp3) is 0.0455. The first-order valence-corrected chi connectivity index (χ1v) is 11.1. The van der Waals surface area contributed by atoms with Crippen LogP contribution >= 0.6 is 11.6 Å². The fourth-order valence-corrected chi connectivity index (χ4v) is 3.84. The lowest BCUT2D eigenvalue weighted by Crippen LogP contribution is -2.21. The van der Waals surface area contributed by atoms with Gasteiger partial charge in [-0.05, 0) is 54.1 Å². The lowest BCUT2D eigenvalue weighted by Gasteiger charge is -2.11. The molecule has 0 bridgehead atoms. The first-order chi connectivity index (χ1) is 15.3. The number of esters is 1. The van der Waals surface area contributed by atoms with E-state index < -0.39 is 21.9 Å². The van der Waals surface area contributed by atoms with Crippen LogP contribution < -0.4 is 10.1 Å². The van der Waals surface area contributed by atoms with Gasteiger partial charge in [0, 0.05) is 5.02 Å². The highest BCUT2D eigenvalue weighted by molar-refractivity contribution is 7.92. The number of methoxy groups -OCH3 is 1. The number of nitrogens with one attached hydrogen (secondary N) is 2. The molecule has 0 saturated carbocycles. The highest BCUT2D eigenvalue weighted by Crippen LogP contribution is 2.21. The molecule has 0 heterocycles. The molecule has 10 heteroatoms. The zero-order chi connectivity index (χ0) is 23.1. The number of rotatable bonds is 7. The van der Waals surface area contributed by atoms with Crippen molar-refractivity contribution in [2.45, 2.75) is 4.90 Å². The van der Waals surface area contributed by atoms with Crippen LogP contribution in [0.1, 0.15) is 26.3 Å². The fourth-order valence-electron chi connectivity index (χ4n) is 2.64. The molecule has 8 nitrogen and oxygen atoms in total. The smallest absolute Gasteiger partial charge is 0.337 e. The van der Waals surface area contributed by atoms with Crippen molar-refractivity contribution in [2.75, 3.05) is 11.8 Å². The van der Waals surface area contributed by atoms with Crippen molar-refractivity contribution in [1.82, 2.24) is 5.43 Å². The predicted octanol–water partition coefficient (Wildman–Crippen LogP) is 3.69. The van der Waals surface area contributed by atoms with Crippen LogP contribution in [0.3, 0.4) is 0 Å². The van der Waals surface area contributed by atoms with Crippen LogP contribution in [0, 0.1) is 0 Å². The number of carbonyl (C=O) groups is 2. The van der Waals surface area contributed by atoms with E-state index in [4.69, 9.17) is 11.6 Å². The largest absolute Gasteiger partial charge is 0.465 e. The van der Waals surface area contributed by atoms with Crippen LogP contribution in [-0.4, -0.2) is 33.6 Å². The first kappa shape index (κ1) is 23.0. The van der Waals surface area contributed by atoms with Crippen molar-refractivity contribution in [1.29, 1.82) is 0 Å². The third kappa shape index (κ3) is 5.71. The molecule has 0 spiro atoms. The number of carbonyl (C=O) groups excluding carboxylic acids is 2. The molecular weight excluding hydrogens is 454 g/mol. The lowest BCUT2D eigenvalue weighted by molar-refractivity contribution is 0.0600. The molecule has 2 N–H and O–H groups in total. The summed E-state index contributed by atoms with van der Waals surface area (Å²) in [4.78, 5) is 24.0. The van der Waals surface area contributed by atoms with Crippen molar-refractivity contribution < 1.29 is 22.7 Å². The van der Waals surface area contributed by atoms with E-state index in [-0.39, 0.29) is 16.1 Å². The van der Waals surface area contributed by atoms with Gasteiger partial charge in [-0.25, -0.2) is 18.6 Å². The van der Waals surface area contributed by atoms with Gasteiger partial charge >= 0.3 is 5.97 Å². The number of anilines is 1. The molecule has 0 saturated heterocycles. The second-order valence-electron chi connectivity index (χ2n) is 6.42. The Balaban J connectivity index is 1.72. The van der Waals surface area contributed by atoms with Gasteiger partial charge in [-0.1, -0.05) is 35.9 Å². The highest BCUT2D eigenvalue weighted by atomic mass is 35.5. The average Bonchev–Trinajstić information content (AvgIpc) is 2.79. The molecule has 0 aliphatic heterocycles. The van der Waals surface area contributed by atoms with Crippen molar-refractivity contribution >= 4 is 45.4 Å². The number of ether oxygens (including phenoxy) is 1. The molecule has 1 amide bonds. The van der Waals surface area contributed by atoms with Crippen molar-refractivity contribution in [3.8, 4) is 0 Å². The van der Waals surface area contributed by atoms with Crippen molar-refractivity contribution in [3.63, 3.8) is 0 Å². The van der Waals surface area contributed by atoms with Gasteiger partial charge < -0.3 is 4.74 Å². The summed E-state index contributed by atoms with van der Waals surface area (Å²) in [6, 6.07) is 18.2. The Labute approximate surface area is 189 Å². The zero-order valence-electron chi connectivity index (χ0n) is 16.8. The molecule has 3 rings (SSSR count). The number of halogens is 1. The van der Waals surface area contributed by atoms with Crippen LogP contribution in [0.5, 0.6) is 0 Å². The molecule has 0 fully saturated rings. The molecule has 0 aliphatic carbocycles. The van der Waals surface area contributed by atoms with Crippen LogP contribution in [0.15, 0.2) is 82.8 Å². The molecule has 0 aromatic heterocycles. The number of nitrogens with zero attached hydrogens (tertiary/aromatic N) is 1. The Morgan fingerprint density at radius 3 is 2.28 bits per heavy atom. The molecule has 0 radical (unpaired) electrons. The second-order valence-corrected chi connectivity index (χ2v) is 8.54. The summed E-state index contributed by atoms with van der Waals surface area (Å²) in [5.74, 6) is -1.07. The zero-order valence-corrected chi connectivity index (χ0v) is 18.4. The second kappa shape index (κ2) is 10.1. The number of hydrogen-bond donors (Lipinski definition) is 2. The molecule has 32 heavy (non-hydrogen) atoms. The maximum atomic E-state index is 12.6. The van der Waals surface area contributed by atoms with Gasteiger partial charge in [0.1, 0.15) is 0 Å². The summed E-state index contributed by atoms with van der Waals surface area (Å²) in [5.41, 5.74) is 3.56. The van der Waals surface area contributed by atoms with Crippen LogP contribution in [0.4, 0.5) is 5.69 Å². The minimum atomic E-state index is -3.93. The van der Waals surface area contributed by atoms with Crippen molar-refractivity contribution in [2.24, 2.45) is 5.10 Å². The molecule has 3 aromatic rings. The molecule has 0 unspecified atom stereocenters. The van der Waals surface area contributed by atoms with Gasteiger partial charge in [0.2, 0.25) is 0 Å². The molecule has 3 aromatic carbocycles. The topological polar surface area (TPSA) is 114 Å². The van der Waals surface area contributed by atoms with Crippen LogP contribution in [0.25, 0.3) is 0 Å². The number of hydrogen-bond acceptors (Lipinski definition) is 6. The molecule has 0 aliphatic rings. The van der Waals surface area contributed by atoms with Gasteiger partial charge in [-0.15, -0.1) is 0 Å². The summed E-state index contributed by atoms with van der Waals surface area (Å²) in [6.45, 7) is 0. The Morgan fingerprint density at radius 2 is 1.62 bits per heavy atom. The Morgan fingerprint density at radius 1 is 0.969 bits per heavy atom. The van der Waals surface area contributed by atoms with E-state index in [9.17, 15) is 18.0 Å². The molecule has 0 atom stereocenters. The van der Waals surface area contributed by atoms with Gasteiger partial charge in [-0.2, -0.15) is 5.10 Å². The monoisotopic (exact) mass is 471 g/mol. The maximum Gasteiger partial charge on any atom is 0.337 e. The van der Waals surface area contributed by atoms with E-state index in [1.165, 1.54) is 49.7 Å². The first-order valence-electron chi connectivity index (χ1n) is 9.19. The normalized spacial score (nSPS) is 11.2. The number of sulfonamides is 1.